The van der Waals surface area contributed by atoms with E-state index in [0.29, 0.717) is 17.9 Å². The maximum Gasteiger partial charge on any atom is 0.251 e. The third kappa shape index (κ3) is 5.21. The molecule has 1 saturated carbocycles. The highest BCUT2D eigenvalue weighted by Gasteiger charge is 2.24. The molecule has 35 heavy (non-hydrogen) atoms. The Hall–Kier alpha value is -4.07. The van der Waals surface area contributed by atoms with E-state index in [0.717, 1.165) is 60.1 Å². The molecule has 1 aliphatic rings. The van der Waals surface area contributed by atoms with Gasteiger partial charge < -0.3 is 9.88 Å². The molecule has 8 nitrogen and oxygen atoms in total. The molecule has 0 saturated heterocycles. The van der Waals surface area contributed by atoms with E-state index in [1.165, 1.54) is 6.07 Å². The van der Waals surface area contributed by atoms with Crippen LogP contribution in [-0.2, 0) is 13.0 Å². The predicted octanol–water partition coefficient (Wildman–Crippen LogP) is 3.98. The van der Waals surface area contributed by atoms with Crippen molar-refractivity contribution in [2.24, 2.45) is 0 Å². The molecule has 1 fully saturated rings. The number of pyridine rings is 1. The smallest absolute Gasteiger partial charge is 0.251 e. The first kappa shape index (κ1) is 22.7. The number of amides is 1. The number of hydrogen-bond donors (Lipinski definition) is 2. The van der Waals surface area contributed by atoms with Crippen LogP contribution in [0.4, 0.5) is 0 Å². The molecule has 0 bridgehead atoms. The number of H-pyrrole nitrogens is 1. The quantitative estimate of drug-likeness (QED) is 0.387. The third-order valence-corrected chi connectivity index (χ3v) is 6.31. The maximum atomic E-state index is 13.1. The van der Waals surface area contributed by atoms with Crippen molar-refractivity contribution < 1.29 is 4.79 Å². The molecular weight excluding hydrogens is 440 g/mol. The molecule has 0 radical (unpaired) electrons. The fourth-order valence-corrected chi connectivity index (χ4v) is 4.21. The lowest BCUT2D eigenvalue weighted by molar-refractivity contribution is 0.0950. The molecule has 2 heterocycles. The topological polar surface area (TPSA) is 106 Å². The van der Waals surface area contributed by atoms with Crippen LogP contribution in [0.5, 0.6) is 0 Å². The highest BCUT2D eigenvalue weighted by Crippen LogP contribution is 2.29. The second kappa shape index (κ2) is 10.0. The number of aryl methyl sites for hydroxylation is 1. The molecule has 2 aromatic heterocycles. The van der Waals surface area contributed by atoms with Gasteiger partial charge in [-0.3, -0.25) is 9.59 Å². The van der Waals surface area contributed by atoms with Crippen LogP contribution in [-0.4, -0.2) is 37.1 Å². The van der Waals surface area contributed by atoms with Gasteiger partial charge in [0, 0.05) is 28.9 Å². The third-order valence-electron chi connectivity index (χ3n) is 6.31. The van der Waals surface area contributed by atoms with E-state index in [9.17, 15) is 9.59 Å². The number of aromatic nitrogens is 5. The standard InChI is InChI=1S/C27H28N6O2/c1-2-3-6-22-15-20(27(35)28-21-13-14-21)16-25(34)33(22)17-18-9-11-19(12-10-18)23-7-4-5-8-24(23)26-29-31-32-30-26/h4-5,7-12,15-16,21H,2-3,6,13-14,17H2,1H3,(H,28,35)(H,29,30,31,32). The maximum absolute atomic E-state index is 13.1. The minimum atomic E-state index is -0.153. The number of carbonyl (C=O) groups excluding carboxylic acids is 1. The van der Waals surface area contributed by atoms with Gasteiger partial charge in [0.15, 0.2) is 5.82 Å². The summed E-state index contributed by atoms with van der Waals surface area (Å²) in [6, 6.07) is 19.7. The lowest BCUT2D eigenvalue weighted by Crippen LogP contribution is -2.30. The van der Waals surface area contributed by atoms with Gasteiger partial charge in [-0.25, -0.2) is 5.10 Å². The molecule has 1 amide bonds. The average molecular weight is 469 g/mol. The number of aromatic amines is 1. The largest absolute Gasteiger partial charge is 0.349 e. The Bertz CT molecular complexity index is 1370. The molecule has 0 spiro atoms. The molecule has 4 aromatic rings. The zero-order valence-corrected chi connectivity index (χ0v) is 19.7. The number of rotatable bonds is 9. The molecule has 0 aliphatic heterocycles. The highest BCUT2D eigenvalue weighted by atomic mass is 16.2. The van der Waals surface area contributed by atoms with Crippen LogP contribution in [0.15, 0.2) is 65.5 Å². The van der Waals surface area contributed by atoms with E-state index >= 15 is 0 Å². The Balaban J connectivity index is 1.41. The van der Waals surface area contributed by atoms with Crippen molar-refractivity contribution >= 4 is 5.91 Å². The monoisotopic (exact) mass is 468 g/mol. The van der Waals surface area contributed by atoms with Gasteiger partial charge in [0.2, 0.25) is 0 Å². The number of benzene rings is 2. The van der Waals surface area contributed by atoms with Crippen LogP contribution >= 0.6 is 0 Å². The summed E-state index contributed by atoms with van der Waals surface area (Å²) in [5.41, 5.74) is 5.19. The summed E-state index contributed by atoms with van der Waals surface area (Å²) >= 11 is 0. The van der Waals surface area contributed by atoms with Crippen LogP contribution in [0.3, 0.4) is 0 Å². The lowest BCUT2D eigenvalue weighted by atomic mass is 9.98. The van der Waals surface area contributed by atoms with Gasteiger partial charge >= 0.3 is 0 Å². The van der Waals surface area contributed by atoms with Crippen molar-refractivity contribution in [1.82, 2.24) is 30.5 Å². The molecule has 5 rings (SSSR count). The summed E-state index contributed by atoms with van der Waals surface area (Å²) in [4.78, 5) is 25.6. The molecule has 0 atom stereocenters. The minimum absolute atomic E-state index is 0.146. The summed E-state index contributed by atoms with van der Waals surface area (Å²) in [7, 11) is 0. The fraction of sp³-hybridized carbons (Fsp3) is 0.296. The zero-order chi connectivity index (χ0) is 24.2. The summed E-state index contributed by atoms with van der Waals surface area (Å²) in [5, 5.41) is 17.2. The van der Waals surface area contributed by atoms with E-state index in [1.54, 1.807) is 4.57 Å². The Morgan fingerprint density at radius 3 is 2.54 bits per heavy atom. The van der Waals surface area contributed by atoms with Crippen LogP contribution in [0.2, 0.25) is 0 Å². The number of nitrogens with zero attached hydrogens (tertiary/aromatic N) is 4. The van der Waals surface area contributed by atoms with Crippen LogP contribution in [0, 0.1) is 0 Å². The van der Waals surface area contributed by atoms with Gasteiger partial charge in [-0.05, 0) is 58.9 Å². The molecule has 1 aliphatic carbocycles. The molecule has 2 N–H and O–H groups in total. The summed E-state index contributed by atoms with van der Waals surface area (Å²) < 4.78 is 1.78. The normalized spacial score (nSPS) is 13.1. The Morgan fingerprint density at radius 2 is 1.86 bits per heavy atom. The predicted molar refractivity (Wildman–Crippen MR) is 134 cm³/mol. The molecule has 178 valence electrons. The van der Waals surface area contributed by atoms with Gasteiger partial charge in [-0.1, -0.05) is 61.9 Å². The van der Waals surface area contributed by atoms with Crippen LogP contribution in [0.25, 0.3) is 22.5 Å². The number of hydrogen-bond acceptors (Lipinski definition) is 5. The Labute approximate surface area is 203 Å². The molecule has 2 aromatic carbocycles. The van der Waals surface area contributed by atoms with E-state index in [4.69, 9.17) is 0 Å². The fourth-order valence-electron chi connectivity index (χ4n) is 4.21. The van der Waals surface area contributed by atoms with Crippen molar-refractivity contribution in [2.75, 3.05) is 0 Å². The van der Waals surface area contributed by atoms with Crippen LogP contribution in [0.1, 0.15) is 54.2 Å². The van der Waals surface area contributed by atoms with Crippen molar-refractivity contribution in [3.8, 4) is 22.5 Å². The van der Waals surface area contributed by atoms with E-state index < -0.39 is 0 Å². The zero-order valence-electron chi connectivity index (χ0n) is 19.7. The van der Waals surface area contributed by atoms with E-state index in [-0.39, 0.29) is 17.5 Å². The second-order valence-corrected chi connectivity index (χ2v) is 9.00. The molecular formula is C27H28N6O2. The number of carbonyl (C=O) groups is 1. The Morgan fingerprint density at radius 1 is 1.09 bits per heavy atom. The first-order valence-electron chi connectivity index (χ1n) is 12.1. The Kier molecular flexibility index (Phi) is 6.52. The van der Waals surface area contributed by atoms with Crippen molar-refractivity contribution in [3.05, 3.63) is 87.8 Å². The summed E-state index contributed by atoms with van der Waals surface area (Å²) in [6.45, 7) is 2.58. The number of nitrogens with one attached hydrogen (secondary N) is 2. The second-order valence-electron chi connectivity index (χ2n) is 9.00. The van der Waals surface area contributed by atoms with Gasteiger partial charge in [0.1, 0.15) is 0 Å². The van der Waals surface area contributed by atoms with Crippen molar-refractivity contribution in [2.45, 2.75) is 51.6 Å². The highest BCUT2D eigenvalue weighted by molar-refractivity contribution is 5.94. The van der Waals surface area contributed by atoms with E-state index in [1.807, 2.05) is 54.6 Å². The first-order chi connectivity index (χ1) is 17.1. The van der Waals surface area contributed by atoms with Crippen LogP contribution < -0.4 is 10.9 Å². The summed E-state index contributed by atoms with van der Waals surface area (Å²) in [6.07, 6.45) is 4.76. The first-order valence-corrected chi connectivity index (χ1v) is 12.1. The van der Waals surface area contributed by atoms with E-state index in [2.05, 4.69) is 32.9 Å². The molecule has 0 unspecified atom stereocenters. The summed E-state index contributed by atoms with van der Waals surface area (Å²) in [5.74, 6) is 0.460. The number of unbranched alkanes of at least 4 members (excludes halogenated alkanes) is 1. The van der Waals surface area contributed by atoms with Gasteiger partial charge in [0.25, 0.3) is 11.5 Å². The molecule has 8 heteroatoms. The van der Waals surface area contributed by atoms with Gasteiger partial charge in [-0.2, -0.15) is 0 Å². The van der Waals surface area contributed by atoms with Crippen molar-refractivity contribution in [3.63, 3.8) is 0 Å². The van der Waals surface area contributed by atoms with Gasteiger partial charge in [-0.15, -0.1) is 5.10 Å². The average Bonchev–Trinajstić information content (AvgIpc) is 3.52. The van der Waals surface area contributed by atoms with Crippen molar-refractivity contribution in [1.29, 1.82) is 0 Å². The number of tetrazole rings is 1. The SMILES string of the molecule is CCCCc1cc(C(=O)NC2CC2)cc(=O)n1Cc1ccc(-c2ccccc2-c2nnn[nH]2)cc1. The lowest BCUT2D eigenvalue weighted by Gasteiger charge is -2.15. The van der Waals surface area contributed by atoms with Gasteiger partial charge in [0.05, 0.1) is 6.54 Å². The minimum Gasteiger partial charge on any atom is -0.349 e.